The van der Waals surface area contributed by atoms with E-state index < -0.39 is 0 Å². The van der Waals surface area contributed by atoms with E-state index in [9.17, 15) is 0 Å². The van der Waals surface area contributed by atoms with E-state index in [1.807, 2.05) is 0 Å². The molecule has 2 nitrogen and oxygen atoms in total. The van der Waals surface area contributed by atoms with Gasteiger partial charge >= 0.3 is 0 Å². The third-order valence-corrected chi connectivity index (χ3v) is 2.74. The lowest BCUT2D eigenvalue weighted by atomic mass is 9.86. The Hall–Kier alpha value is -0.0800. The van der Waals surface area contributed by atoms with Crippen molar-refractivity contribution in [1.82, 2.24) is 0 Å². The van der Waals surface area contributed by atoms with Gasteiger partial charge in [0.1, 0.15) is 0 Å². The highest BCUT2D eigenvalue weighted by molar-refractivity contribution is 4.81. The van der Waals surface area contributed by atoms with E-state index in [1.54, 1.807) is 0 Å². The Morgan fingerprint density at radius 2 is 1.73 bits per heavy atom. The smallest absolute Gasteiger partial charge is 0.0840 e. The minimum atomic E-state index is 0.410. The van der Waals surface area contributed by atoms with Crippen molar-refractivity contribution in [3.05, 3.63) is 0 Å². The lowest BCUT2D eigenvalue weighted by Crippen LogP contribution is -2.42. The summed E-state index contributed by atoms with van der Waals surface area (Å²) in [7, 11) is 0. The third-order valence-electron chi connectivity index (χ3n) is 2.74. The van der Waals surface area contributed by atoms with Gasteiger partial charge in [0, 0.05) is 0 Å². The quantitative estimate of drug-likeness (QED) is 0.530. The molecule has 1 saturated heterocycles. The summed E-state index contributed by atoms with van der Waals surface area (Å²) in [6.07, 6.45) is 4.54. The second-order valence-corrected chi connectivity index (χ2v) is 3.74. The minimum absolute atomic E-state index is 0.410. The average molecular weight is 156 g/mol. The van der Waals surface area contributed by atoms with Gasteiger partial charge in [-0.1, -0.05) is 6.92 Å². The van der Waals surface area contributed by atoms with Crippen LogP contribution in [-0.2, 0) is 9.47 Å². The fourth-order valence-electron chi connectivity index (χ4n) is 2.07. The lowest BCUT2D eigenvalue weighted by Gasteiger charge is -2.37. The molecule has 2 rings (SSSR count). The zero-order chi connectivity index (χ0) is 7.68. The Balaban J connectivity index is 1.93. The summed E-state index contributed by atoms with van der Waals surface area (Å²) in [4.78, 5) is 0. The maximum atomic E-state index is 5.63. The first kappa shape index (κ1) is 7.56. The highest BCUT2D eigenvalue weighted by Crippen LogP contribution is 2.29. The van der Waals surface area contributed by atoms with Crippen molar-refractivity contribution in [2.75, 3.05) is 13.2 Å². The zero-order valence-corrected chi connectivity index (χ0v) is 7.08. The number of hydrogen-bond acceptors (Lipinski definition) is 2. The van der Waals surface area contributed by atoms with Crippen molar-refractivity contribution in [3.8, 4) is 0 Å². The van der Waals surface area contributed by atoms with E-state index in [4.69, 9.17) is 9.47 Å². The molecule has 1 heterocycles. The van der Waals surface area contributed by atoms with Gasteiger partial charge in [-0.2, -0.15) is 0 Å². The Morgan fingerprint density at radius 3 is 2.55 bits per heavy atom. The number of fused-ring (bicyclic) bond motifs is 1. The molecule has 2 fully saturated rings. The highest BCUT2D eigenvalue weighted by Gasteiger charge is 2.32. The molecule has 11 heavy (non-hydrogen) atoms. The molecule has 0 amide bonds. The van der Waals surface area contributed by atoms with Crippen LogP contribution in [-0.4, -0.2) is 25.4 Å². The van der Waals surface area contributed by atoms with Crippen molar-refractivity contribution in [1.29, 1.82) is 0 Å². The molecule has 0 aromatic carbocycles. The standard InChI is InChI=1S/C9H16O2/c1-7-2-3-8-9(6-7)11-5-4-10-8/h7-9H,2-6H2,1H3/t7-,8?,9?/m1/s1. The van der Waals surface area contributed by atoms with E-state index in [1.165, 1.54) is 19.3 Å². The van der Waals surface area contributed by atoms with Crippen LogP contribution in [0.25, 0.3) is 0 Å². The van der Waals surface area contributed by atoms with Crippen LogP contribution in [0.2, 0.25) is 0 Å². The first-order valence-corrected chi connectivity index (χ1v) is 4.59. The lowest BCUT2D eigenvalue weighted by molar-refractivity contribution is -0.160. The molecule has 1 aliphatic carbocycles. The minimum Gasteiger partial charge on any atom is -0.373 e. The zero-order valence-electron chi connectivity index (χ0n) is 7.08. The number of rotatable bonds is 0. The molecule has 0 radical (unpaired) electrons. The largest absolute Gasteiger partial charge is 0.373 e. The topological polar surface area (TPSA) is 18.5 Å². The maximum Gasteiger partial charge on any atom is 0.0840 e. The molecule has 2 unspecified atom stereocenters. The fraction of sp³-hybridized carbons (Fsp3) is 1.00. The summed E-state index contributed by atoms with van der Waals surface area (Å²) < 4.78 is 11.2. The van der Waals surface area contributed by atoms with Gasteiger partial charge in [0.25, 0.3) is 0 Å². The molecule has 0 N–H and O–H groups in total. The molecule has 0 aromatic rings. The second-order valence-electron chi connectivity index (χ2n) is 3.74. The van der Waals surface area contributed by atoms with E-state index in [-0.39, 0.29) is 0 Å². The molecule has 2 heteroatoms. The van der Waals surface area contributed by atoms with Gasteiger partial charge in [-0.3, -0.25) is 0 Å². The summed E-state index contributed by atoms with van der Waals surface area (Å²) in [5.41, 5.74) is 0. The Kier molecular flexibility index (Phi) is 2.14. The van der Waals surface area contributed by atoms with Crippen molar-refractivity contribution < 1.29 is 9.47 Å². The molecular weight excluding hydrogens is 140 g/mol. The van der Waals surface area contributed by atoms with Crippen LogP contribution in [0.15, 0.2) is 0 Å². The summed E-state index contributed by atoms with van der Waals surface area (Å²) in [5.74, 6) is 0.831. The van der Waals surface area contributed by atoms with Crippen LogP contribution in [0, 0.1) is 5.92 Å². The Bertz CT molecular complexity index is 136. The Labute approximate surface area is 67.9 Å². The highest BCUT2D eigenvalue weighted by atomic mass is 16.6. The summed E-state index contributed by atoms with van der Waals surface area (Å²) in [6, 6.07) is 0. The van der Waals surface area contributed by atoms with Crippen LogP contribution in [0.3, 0.4) is 0 Å². The molecule has 1 saturated carbocycles. The van der Waals surface area contributed by atoms with Crippen LogP contribution in [0.4, 0.5) is 0 Å². The predicted octanol–water partition coefficient (Wildman–Crippen LogP) is 1.59. The fourth-order valence-corrected chi connectivity index (χ4v) is 2.07. The van der Waals surface area contributed by atoms with Gasteiger partial charge in [0.2, 0.25) is 0 Å². The molecular formula is C9H16O2. The molecule has 2 aliphatic rings. The van der Waals surface area contributed by atoms with Crippen molar-refractivity contribution >= 4 is 0 Å². The summed E-state index contributed by atoms with van der Waals surface area (Å²) in [5, 5.41) is 0. The van der Waals surface area contributed by atoms with E-state index in [2.05, 4.69) is 6.92 Å². The van der Waals surface area contributed by atoms with Gasteiger partial charge in [0.05, 0.1) is 25.4 Å². The molecule has 0 spiro atoms. The SMILES string of the molecule is C[C@@H]1CCC2OCCOC2C1. The van der Waals surface area contributed by atoms with Crippen molar-refractivity contribution in [2.45, 2.75) is 38.4 Å². The molecule has 0 bridgehead atoms. The molecule has 1 aliphatic heterocycles. The van der Waals surface area contributed by atoms with Gasteiger partial charge < -0.3 is 9.47 Å². The maximum absolute atomic E-state index is 5.63. The van der Waals surface area contributed by atoms with Gasteiger partial charge in [0.15, 0.2) is 0 Å². The van der Waals surface area contributed by atoms with Gasteiger partial charge in [-0.15, -0.1) is 0 Å². The molecule has 0 aromatic heterocycles. The molecule has 64 valence electrons. The monoisotopic (exact) mass is 156 g/mol. The van der Waals surface area contributed by atoms with Crippen LogP contribution in [0.1, 0.15) is 26.2 Å². The van der Waals surface area contributed by atoms with Crippen molar-refractivity contribution in [3.63, 3.8) is 0 Å². The van der Waals surface area contributed by atoms with Gasteiger partial charge in [-0.25, -0.2) is 0 Å². The molecule has 3 atom stereocenters. The first-order chi connectivity index (χ1) is 5.36. The first-order valence-electron chi connectivity index (χ1n) is 4.59. The van der Waals surface area contributed by atoms with E-state index in [0.717, 1.165) is 19.1 Å². The summed E-state index contributed by atoms with van der Waals surface area (Å²) >= 11 is 0. The van der Waals surface area contributed by atoms with Crippen LogP contribution < -0.4 is 0 Å². The van der Waals surface area contributed by atoms with Crippen LogP contribution >= 0.6 is 0 Å². The second kappa shape index (κ2) is 3.11. The summed E-state index contributed by atoms with van der Waals surface area (Å²) in [6.45, 7) is 3.90. The third kappa shape index (κ3) is 1.57. The van der Waals surface area contributed by atoms with E-state index in [0.29, 0.717) is 12.2 Å². The van der Waals surface area contributed by atoms with E-state index >= 15 is 0 Å². The number of hydrogen-bond donors (Lipinski definition) is 0. The normalized spacial score (nSPS) is 45.0. The van der Waals surface area contributed by atoms with Gasteiger partial charge in [-0.05, 0) is 25.2 Å². The average Bonchev–Trinajstić information content (AvgIpc) is 2.04. The number of ether oxygens (including phenoxy) is 2. The predicted molar refractivity (Wildman–Crippen MR) is 42.5 cm³/mol. The van der Waals surface area contributed by atoms with Crippen molar-refractivity contribution in [2.24, 2.45) is 5.92 Å². The van der Waals surface area contributed by atoms with Crippen LogP contribution in [0.5, 0.6) is 0 Å². The Morgan fingerprint density at radius 1 is 1.00 bits per heavy atom.